The summed E-state index contributed by atoms with van der Waals surface area (Å²) in [7, 11) is 0. The average Bonchev–Trinajstić information content (AvgIpc) is 2.27. The van der Waals surface area contributed by atoms with Gasteiger partial charge in [-0.05, 0) is 37.0 Å². The van der Waals surface area contributed by atoms with E-state index in [0.717, 1.165) is 0 Å². The van der Waals surface area contributed by atoms with Gasteiger partial charge in [-0.25, -0.2) is 0 Å². The van der Waals surface area contributed by atoms with E-state index >= 15 is 0 Å². The molecule has 2 atom stereocenters. The molecule has 2 unspecified atom stereocenters. The first-order valence-corrected chi connectivity index (χ1v) is 6.62. The Hall–Kier alpha value is -1.26. The van der Waals surface area contributed by atoms with Crippen molar-refractivity contribution >= 4 is 0 Å². The van der Waals surface area contributed by atoms with Crippen LogP contribution in [-0.4, -0.2) is 28.0 Å². The van der Waals surface area contributed by atoms with Crippen molar-refractivity contribution in [2.45, 2.75) is 46.3 Å². The molecule has 0 radical (unpaired) electrons. The first kappa shape index (κ1) is 15.8. The lowest BCUT2D eigenvalue weighted by Crippen LogP contribution is -2.31. The van der Waals surface area contributed by atoms with Crippen LogP contribution in [0.1, 0.15) is 45.7 Å². The van der Waals surface area contributed by atoms with Crippen molar-refractivity contribution in [3.05, 3.63) is 23.8 Å². The minimum atomic E-state index is -0.429. The van der Waals surface area contributed by atoms with Crippen LogP contribution in [0.3, 0.4) is 0 Å². The molecule has 4 nitrogen and oxygen atoms in total. The maximum Gasteiger partial charge on any atom is 0.120 e. The number of rotatable bonds is 5. The molecule has 0 aliphatic rings. The van der Waals surface area contributed by atoms with Crippen LogP contribution in [0.15, 0.2) is 18.2 Å². The van der Waals surface area contributed by atoms with Crippen molar-refractivity contribution in [3.63, 3.8) is 0 Å². The maximum atomic E-state index is 9.93. The van der Waals surface area contributed by atoms with Crippen LogP contribution in [0.25, 0.3) is 0 Å². The molecular weight excluding hydrogens is 242 g/mol. The minimum absolute atomic E-state index is 0.0808. The number of nitrogens with one attached hydrogen (secondary N) is 1. The molecule has 1 aromatic carbocycles. The Morgan fingerprint density at radius 3 is 2.42 bits per heavy atom. The van der Waals surface area contributed by atoms with Gasteiger partial charge in [0, 0.05) is 18.2 Å². The first-order valence-electron chi connectivity index (χ1n) is 6.62. The van der Waals surface area contributed by atoms with Crippen LogP contribution in [0, 0.1) is 5.41 Å². The van der Waals surface area contributed by atoms with Gasteiger partial charge >= 0.3 is 0 Å². The molecule has 1 rings (SSSR count). The highest BCUT2D eigenvalue weighted by atomic mass is 16.3. The van der Waals surface area contributed by atoms with Crippen molar-refractivity contribution in [2.75, 3.05) is 6.54 Å². The summed E-state index contributed by atoms with van der Waals surface area (Å²) >= 11 is 0. The molecule has 0 aromatic heterocycles. The summed E-state index contributed by atoms with van der Waals surface area (Å²) < 4.78 is 0. The number of phenolic OH excluding ortho intramolecular Hbond substituents is 2. The van der Waals surface area contributed by atoms with E-state index in [2.05, 4.69) is 26.1 Å². The molecule has 4 N–H and O–H groups in total. The third-order valence-electron chi connectivity index (χ3n) is 2.99. The zero-order valence-corrected chi connectivity index (χ0v) is 12.1. The third kappa shape index (κ3) is 5.49. The van der Waals surface area contributed by atoms with Crippen LogP contribution in [-0.2, 0) is 0 Å². The van der Waals surface area contributed by atoms with E-state index in [-0.39, 0.29) is 23.0 Å². The molecule has 0 amide bonds. The van der Waals surface area contributed by atoms with Crippen LogP contribution in [0.5, 0.6) is 11.5 Å². The second-order valence-corrected chi connectivity index (χ2v) is 6.29. The molecule has 1 aromatic rings. The van der Waals surface area contributed by atoms with E-state index in [9.17, 15) is 15.3 Å². The Balaban J connectivity index is 2.56. The van der Waals surface area contributed by atoms with Crippen molar-refractivity contribution in [2.24, 2.45) is 5.41 Å². The van der Waals surface area contributed by atoms with E-state index in [4.69, 9.17) is 0 Å². The number of benzene rings is 1. The second-order valence-electron chi connectivity index (χ2n) is 6.29. The number of phenols is 2. The topological polar surface area (TPSA) is 72.7 Å². The monoisotopic (exact) mass is 267 g/mol. The zero-order chi connectivity index (χ0) is 14.6. The highest BCUT2D eigenvalue weighted by Crippen LogP contribution is 2.28. The minimum Gasteiger partial charge on any atom is -0.508 e. The van der Waals surface area contributed by atoms with E-state index in [1.54, 1.807) is 0 Å². The molecule has 0 saturated carbocycles. The Labute approximate surface area is 115 Å². The van der Waals surface area contributed by atoms with E-state index in [1.807, 2.05) is 6.92 Å². The van der Waals surface area contributed by atoms with Gasteiger partial charge in [-0.2, -0.15) is 0 Å². The molecular formula is C15H25NO3. The van der Waals surface area contributed by atoms with Crippen molar-refractivity contribution in [1.29, 1.82) is 0 Å². The summed E-state index contributed by atoms with van der Waals surface area (Å²) in [6.07, 6.45) is 0.278. The average molecular weight is 267 g/mol. The van der Waals surface area contributed by atoms with Gasteiger partial charge in [-0.15, -0.1) is 0 Å². The summed E-state index contributed by atoms with van der Waals surface area (Å²) in [5.74, 6) is 0.264. The van der Waals surface area contributed by atoms with Crippen LogP contribution < -0.4 is 5.32 Å². The number of aliphatic hydroxyl groups excluding tert-OH is 1. The standard InChI is InChI=1S/C15H25NO3/c1-10(13-7-11(17)5-6-14(13)19)16-9-12(18)8-15(2,3)4/h5-7,10,12,16-19H,8-9H2,1-4H3. The predicted octanol–water partition coefficient (Wildman–Crippen LogP) is 2.55. The smallest absolute Gasteiger partial charge is 0.120 e. The zero-order valence-electron chi connectivity index (χ0n) is 12.1. The van der Waals surface area contributed by atoms with Crippen molar-refractivity contribution < 1.29 is 15.3 Å². The quantitative estimate of drug-likeness (QED) is 0.619. The Bertz CT molecular complexity index is 412. The predicted molar refractivity (Wildman–Crippen MR) is 76.3 cm³/mol. The number of aromatic hydroxyl groups is 2. The lowest BCUT2D eigenvalue weighted by molar-refractivity contribution is 0.117. The molecule has 0 aliphatic heterocycles. The molecule has 0 aliphatic carbocycles. The molecule has 0 saturated heterocycles. The van der Waals surface area contributed by atoms with E-state index < -0.39 is 6.10 Å². The molecule has 0 spiro atoms. The molecule has 0 heterocycles. The molecule has 0 fully saturated rings. The van der Waals surface area contributed by atoms with Crippen LogP contribution >= 0.6 is 0 Å². The van der Waals surface area contributed by atoms with Crippen molar-refractivity contribution in [3.8, 4) is 11.5 Å². The third-order valence-corrected chi connectivity index (χ3v) is 2.99. The van der Waals surface area contributed by atoms with E-state index in [1.165, 1.54) is 18.2 Å². The molecule has 108 valence electrons. The summed E-state index contributed by atoms with van der Waals surface area (Å²) in [5.41, 5.74) is 0.709. The van der Waals surface area contributed by atoms with Crippen LogP contribution in [0.2, 0.25) is 0 Å². The van der Waals surface area contributed by atoms with Gasteiger partial charge in [-0.1, -0.05) is 20.8 Å². The Morgan fingerprint density at radius 1 is 1.21 bits per heavy atom. The van der Waals surface area contributed by atoms with Crippen molar-refractivity contribution in [1.82, 2.24) is 5.32 Å². The fourth-order valence-electron chi connectivity index (χ4n) is 2.09. The summed E-state index contributed by atoms with van der Waals surface area (Å²) in [5, 5.41) is 32.3. The number of aliphatic hydroxyl groups is 1. The van der Waals surface area contributed by atoms with Gasteiger partial charge in [0.15, 0.2) is 0 Å². The highest BCUT2D eigenvalue weighted by molar-refractivity contribution is 5.40. The molecule has 19 heavy (non-hydrogen) atoms. The summed E-state index contributed by atoms with van der Waals surface area (Å²) in [4.78, 5) is 0. The molecule has 0 bridgehead atoms. The number of hydrogen-bond acceptors (Lipinski definition) is 4. The Morgan fingerprint density at radius 2 is 1.84 bits per heavy atom. The Kier molecular flexibility index (Phi) is 5.20. The maximum absolute atomic E-state index is 9.93. The van der Waals surface area contributed by atoms with Crippen LogP contribution in [0.4, 0.5) is 0 Å². The fourth-order valence-corrected chi connectivity index (χ4v) is 2.09. The first-order chi connectivity index (χ1) is 8.69. The van der Waals surface area contributed by atoms with Gasteiger partial charge in [0.2, 0.25) is 0 Å². The van der Waals surface area contributed by atoms with Gasteiger partial charge in [0.1, 0.15) is 11.5 Å². The van der Waals surface area contributed by atoms with Gasteiger partial charge in [0.25, 0.3) is 0 Å². The fraction of sp³-hybridized carbons (Fsp3) is 0.600. The van der Waals surface area contributed by atoms with E-state index in [0.29, 0.717) is 18.5 Å². The highest BCUT2D eigenvalue weighted by Gasteiger charge is 2.18. The largest absolute Gasteiger partial charge is 0.508 e. The number of hydrogen-bond donors (Lipinski definition) is 4. The molecule has 4 heteroatoms. The lowest BCUT2D eigenvalue weighted by atomic mass is 9.89. The SMILES string of the molecule is CC(NCC(O)CC(C)(C)C)c1cc(O)ccc1O. The normalized spacial score (nSPS) is 15.2. The summed E-state index contributed by atoms with van der Waals surface area (Å²) in [6.45, 7) is 8.59. The summed E-state index contributed by atoms with van der Waals surface area (Å²) in [6, 6.07) is 4.30. The van der Waals surface area contributed by atoms with Gasteiger partial charge < -0.3 is 20.6 Å². The lowest BCUT2D eigenvalue weighted by Gasteiger charge is -2.24. The van der Waals surface area contributed by atoms with Gasteiger partial charge in [0.05, 0.1) is 6.10 Å². The second kappa shape index (κ2) is 6.26. The van der Waals surface area contributed by atoms with Gasteiger partial charge in [-0.3, -0.25) is 0 Å².